The van der Waals surface area contributed by atoms with E-state index < -0.39 is 0 Å². The lowest BCUT2D eigenvalue weighted by Crippen LogP contribution is -2.39. The molecular weight excluding hydrogens is 385 g/mol. The number of carbonyl (C=O) groups is 2. The molecule has 0 aromatic heterocycles. The van der Waals surface area contributed by atoms with Gasteiger partial charge >= 0.3 is 0 Å². The van der Waals surface area contributed by atoms with Crippen LogP contribution in [0.5, 0.6) is 0 Å². The maximum absolute atomic E-state index is 12.0. The summed E-state index contributed by atoms with van der Waals surface area (Å²) in [5.41, 5.74) is 3.70. The second-order valence-corrected chi connectivity index (χ2v) is 7.18. The molecule has 2 aromatic rings. The van der Waals surface area contributed by atoms with Crippen LogP contribution in [0.4, 0.5) is 5.69 Å². The van der Waals surface area contributed by atoms with Gasteiger partial charge in [0.2, 0.25) is 11.8 Å². The van der Waals surface area contributed by atoms with Crippen LogP contribution >= 0.6 is 23.2 Å². The van der Waals surface area contributed by atoms with Crippen molar-refractivity contribution in [2.24, 2.45) is 0 Å². The van der Waals surface area contributed by atoms with Gasteiger partial charge in [-0.2, -0.15) is 0 Å². The molecule has 2 aromatic carbocycles. The summed E-state index contributed by atoms with van der Waals surface area (Å²) >= 11 is 12.1. The van der Waals surface area contributed by atoms with Crippen molar-refractivity contribution in [1.82, 2.24) is 10.6 Å². The number of aryl methyl sites for hydroxylation is 1. The number of nitrogens with one attached hydrogen (secondary N) is 3. The first-order valence-corrected chi connectivity index (χ1v) is 9.34. The van der Waals surface area contributed by atoms with Gasteiger partial charge in [-0.05, 0) is 55.7 Å². The van der Waals surface area contributed by atoms with Crippen LogP contribution in [-0.2, 0) is 9.59 Å². The minimum atomic E-state index is -0.275. The molecule has 7 heteroatoms. The van der Waals surface area contributed by atoms with E-state index in [0.29, 0.717) is 10.0 Å². The molecule has 0 aliphatic heterocycles. The predicted molar refractivity (Wildman–Crippen MR) is 110 cm³/mol. The van der Waals surface area contributed by atoms with Gasteiger partial charge in [0.05, 0.1) is 13.1 Å². The van der Waals surface area contributed by atoms with Crippen LogP contribution < -0.4 is 16.0 Å². The summed E-state index contributed by atoms with van der Waals surface area (Å²) in [5, 5.41) is 9.58. The quantitative estimate of drug-likeness (QED) is 0.648. The zero-order chi connectivity index (χ0) is 20.0. The third-order valence-electron chi connectivity index (χ3n) is 4.32. The number of benzene rings is 2. The molecule has 1 atom stereocenters. The number of halogens is 2. The van der Waals surface area contributed by atoms with Crippen molar-refractivity contribution in [3.8, 4) is 0 Å². The highest BCUT2D eigenvalue weighted by molar-refractivity contribution is 6.35. The van der Waals surface area contributed by atoms with Crippen LogP contribution in [-0.4, -0.2) is 24.9 Å². The maximum Gasteiger partial charge on any atom is 0.243 e. The molecule has 0 heterocycles. The Kier molecular flexibility index (Phi) is 7.66. The Balaban J connectivity index is 1.78. The van der Waals surface area contributed by atoms with Crippen molar-refractivity contribution in [1.29, 1.82) is 0 Å². The van der Waals surface area contributed by atoms with E-state index in [1.807, 2.05) is 45.0 Å². The first kappa shape index (κ1) is 21.2. The van der Waals surface area contributed by atoms with Crippen molar-refractivity contribution < 1.29 is 9.59 Å². The van der Waals surface area contributed by atoms with Crippen molar-refractivity contribution >= 4 is 40.7 Å². The first-order valence-electron chi connectivity index (χ1n) is 8.59. The summed E-state index contributed by atoms with van der Waals surface area (Å²) in [6.45, 7) is 5.79. The number of rotatable bonds is 7. The lowest BCUT2D eigenvalue weighted by Gasteiger charge is -2.16. The number of anilines is 1. The van der Waals surface area contributed by atoms with Gasteiger partial charge in [0.25, 0.3) is 0 Å². The van der Waals surface area contributed by atoms with Gasteiger partial charge in [0.1, 0.15) is 0 Å². The van der Waals surface area contributed by atoms with Gasteiger partial charge in [-0.3, -0.25) is 9.59 Å². The van der Waals surface area contributed by atoms with E-state index in [-0.39, 0.29) is 30.9 Å². The SMILES string of the molecule is Cc1cccc(NC(=O)CNC(=O)CN[C@H](C)c2ccc(Cl)cc2Cl)c1C. The Morgan fingerprint density at radius 3 is 2.48 bits per heavy atom. The molecule has 0 aliphatic carbocycles. The largest absolute Gasteiger partial charge is 0.346 e. The van der Waals surface area contributed by atoms with E-state index in [1.54, 1.807) is 12.1 Å². The topological polar surface area (TPSA) is 70.2 Å². The molecule has 2 amide bonds. The highest BCUT2D eigenvalue weighted by Gasteiger charge is 2.12. The number of hydrogen-bond donors (Lipinski definition) is 3. The average molecular weight is 408 g/mol. The van der Waals surface area contributed by atoms with Gasteiger partial charge in [0.15, 0.2) is 0 Å². The summed E-state index contributed by atoms with van der Waals surface area (Å²) in [5.74, 6) is -0.547. The fraction of sp³-hybridized carbons (Fsp3) is 0.300. The first-order chi connectivity index (χ1) is 12.8. The van der Waals surface area contributed by atoms with Gasteiger partial charge < -0.3 is 16.0 Å². The van der Waals surface area contributed by atoms with E-state index >= 15 is 0 Å². The highest BCUT2D eigenvalue weighted by Crippen LogP contribution is 2.25. The lowest BCUT2D eigenvalue weighted by atomic mass is 10.1. The van der Waals surface area contributed by atoms with E-state index in [0.717, 1.165) is 22.4 Å². The summed E-state index contributed by atoms with van der Waals surface area (Å²) in [7, 11) is 0. The molecule has 3 N–H and O–H groups in total. The molecule has 0 bridgehead atoms. The Bertz CT molecular complexity index is 840. The molecule has 0 spiro atoms. The lowest BCUT2D eigenvalue weighted by molar-refractivity contribution is -0.123. The van der Waals surface area contributed by atoms with Gasteiger partial charge in [-0.25, -0.2) is 0 Å². The highest BCUT2D eigenvalue weighted by atomic mass is 35.5. The van der Waals surface area contributed by atoms with Crippen LogP contribution in [0.25, 0.3) is 0 Å². The molecule has 27 heavy (non-hydrogen) atoms. The fourth-order valence-corrected chi connectivity index (χ4v) is 3.10. The minimum absolute atomic E-state index is 0.0663. The molecule has 0 aliphatic rings. The molecular formula is C20H23Cl2N3O2. The average Bonchev–Trinajstić information content (AvgIpc) is 2.62. The predicted octanol–water partition coefficient (Wildman–Crippen LogP) is 4.02. The van der Waals surface area contributed by atoms with Gasteiger partial charge in [0, 0.05) is 21.8 Å². The van der Waals surface area contributed by atoms with E-state index in [9.17, 15) is 9.59 Å². The zero-order valence-electron chi connectivity index (χ0n) is 15.5. The molecule has 144 valence electrons. The van der Waals surface area contributed by atoms with Crippen LogP contribution in [0.15, 0.2) is 36.4 Å². The Morgan fingerprint density at radius 1 is 1.04 bits per heavy atom. The summed E-state index contributed by atoms with van der Waals surface area (Å²) < 4.78 is 0. The molecule has 2 rings (SSSR count). The normalized spacial score (nSPS) is 11.7. The van der Waals surface area contributed by atoms with E-state index in [2.05, 4.69) is 16.0 Å². The fourth-order valence-electron chi connectivity index (χ4n) is 2.53. The summed E-state index contributed by atoms with van der Waals surface area (Å²) in [4.78, 5) is 24.0. The Hall–Kier alpha value is -2.08. The zero-order valence-corrected chi connectivity index (χ0v) is 17.0. The van der Waals surface area contributed by atoms with Gasteiger partial charge in [-0.15, -0.1) is 0 Å². The maximum atomic E-state index is 12.0. The Labute approximate surface area is 169 Å². The summed E-state index contributed by atoms with van der Waals surface area (Å²) in [6, 6.07) is 10.8. The van der Waals surface area contributed by atoms with Crippen LogP contribution in [0.2, 0.25) is 10.0 Å². The third kappa shape index (κ3) is 6.24. The van der Waals surface area contributed by atoms with Crippen LogP contribution in [0.1, 0.15) is 29.7 Å². The molecule has 0 saturated heterocycles. The Morgan fingerprint density at radius 2 is 1.78 bits per heavy atom. The van der Waals surface area contributed by atoms with Crippen molar-refractivity contribution in [3.63, 3.8) is 0 Å². The van der Waals surface area contributed by atoms with Crippen LogP contribution in [0, 0.1) is 13.8 Å². The molecule has 0 radical (unpaired) electrons. The van der Waals surface area contributed by atoms with Crippen molar-refractivity contribution in [2.75, 3.05) is 18.4 Å². The molecule has 0 unspecified atom stereocenters. The number of amides is 2. The monoisotopic (exact) mass is 407 g/mol. The molecule has 0 saturated carbocycles. The van der Waals surface area contributed by atoms with Gasteiger partial charge in [-0.1, -0.05) is 41.4 Å². The number of carbonyl (C=O) groups excluding carboxylic acids is 2. The molecule has 0 fully saturated rings. The standard InChI is InChI=1S/C20H23Cl2N3O2/c1-12-5-4-6-18(13(12)2)25-20(27)11-24-19(26)10-23-14(3)16-8-7-15(21)9-17(16)22/h4-9,14,23H,10-11H2,1-3H3,(H,24,26)(H,25,27)/t14-/m1/s1. The van der Waals surface area contributed by atoms with E-state index in [4.69, 9.17) is 23.2 Å². The number of hydrogen-bond acceptors (Lipinski definition) is 3. The minimum Gasteiger partial charge on any atom is -0.346 e. The second-order valence-electron chi connectivity index (χ2n) is 6.34. The van der Waals surface area contributed by atoms with Crippen molar-refractivity contribution in [2.45, 2.75) is 26.8 Å². The second kappa shape index (κ2) is 9.74. The summed E-state index contributed by atoms with van der Waals surface area (Å²) in [6.07, 6.45) is 0. The van der Waals surface area contributed by atoms with Crippen LogP contribution in [0.3, 0.4) is 0 Å². The van der Waals surface area contributed by atoms with Crippen molar-refractivity contribution in [3.05, 3.63) is 63.1 Å². The smallest absolute Gasteiger partial charge is 0.243 e. The third-order valence-corrected chi connectivity index (χ3v) is 4.89. The molecule has 5 nitrogen and oxygen atoms in total. The van der Waals surface area contributed by atoms with E-state index in [1.165, 1.54) is 0 Å².